The van der Waals surface area contributed by atoms with E-state index in [-0.39, 0.29) is 10.3 Å². The Balaban J connectivity index is 1.61. The van der Waals surface area contributed by atoms with Gasteiger partial charge in [0.2, 0.25) is 10.0 Å². The lowest BCUT2D eigenvalue weighted by Gasteiger charge is -2.16. The number of sulfonamides is 1. The van der Waals surface area contributed by atoms with Crippen LogP contribution < -0.4 is 4.72 Å². The molecule has 1 N–H and O–H groups in total. The average Bonchev–Trinajstić information content (AvgIpc) is 3.32. The summed E-state index contributed by atoms with van der Waals surface area (Å²) in [5.41, 5.74) is 2.29. The maximum atomic E-state index is 12.6. The van der Waals surface area contributed by atoms with E-state index in [0.29, 0.717) is 11.6 Å². The zero-order chi connectivity index (χ0) is 17.7. The predicted octanol–water partition coefficient (Wildman–Crippen LogP) is 3.84. The molecule has 4 rings (SSSR count). The van der Waals surface area contributed by atoms with Crippen LogP contribution in [0.4, 0.5) is 0 Å². The fourth-order valence-corrected chi connectivity index (χ4v) is 4.64. The Morgan fingerprint density at radius 1 is 1.12 bits per heavy atom. The highest BCUT2D eigenvalue weighted by atomic mass is 35.5. The van der Waals surface area contributed by atoms with Gasteiger partial charge in [-0.2, -0.15) is 0 Å². The van der Waals surface area contributed by atoms with Gasteiger partial charge in [0.15, 0.2) is 0 Å². The van der Waals surface area contributed by atoms with Crippen LogP contribution in [0.3, 0.4) is 0 Å². The molecule has 0 radical (unpaired) electrons. The molecule has 0 atom stereocenters. The van der Waals surface area contributed by atoms with Crippen molar-refractivity contribution < 1.29 is 8.42 Å². The zero-order valence-electron chi connectivity index (χ0n) is 13.9. The molecular weight excluding hydrogens is 356 g/mol. The summed E-state index contributed by atoms with van der Waals surface area (Å²) in [6, 6.07) is 14.5. The van der Waals surface area contributed by atoms with E-state index in [1.54, 1.807) is 12.1 Å². The number of fused-ring (bicyclic) bond motifs is 1. The minimum absolute atomic E-state index is 0.111. The quantitative estimate of drug-likeness (QED) is 0.737. The Kier molecular flexibility index (Phi) is 3.90. The lowest BCUT2D eigenvalue weighted by molar-refractivity contribution is 0.567. The van der Waals surface area contributed by atoms with Gasteiger partial charge in [-0.25, -0.2) is 13.1 Å². The largest absolute Gasteiger partial charge is 0.350 e. The molecule has 130 valence electrons. The van der Waals surface area contributed by atoms with Crippen LogP contribution in [-0.4, -0.2) is 19.5 Å². The number of nitrogens with one attached hydrogen (secondary N) is 1. The Hall–Kier alpha value is -1.82. The molecule has 1 heterocycles. The van der Waals surface area contributed by atoms with E-state index < -0.39 is 10.0 Å². The molecule has 0 unspecified atom stereocenters. The highest BCUT2D eigenvalue weighted by Crippen LogP contribution is 2.50. The van der Waals surface area contributed by atoms with Crippen LogP contribution in [-0.2, 0) is 22.5 Å². The van der Waals surface area contributed by atoms with Crippen LogP contribution in [0.5, 0.6) is 0 Å². The topological polar surface area (TPSA) is 51.1 Å². The van der Waals surface area contributed by atoms with E-state index in [4.69, 9.17) is 11.6 Å². The second kappa shape index (κ2) is 5.87. The van der Waals surface area contributed by atoms with Gasteiger partial charge in [-0.1, -0.05) is 29.8 Å². The van der Waals surface area contributed by atoms with Gasteiger partial charge in [-0.15, -0.1) is 0 Å². The Morgan fingerprint density at radius 3 is 2.48 bits per heavy atom. The minimum atomic E-state index is -3.54. The van der Waals surface area contributed by atoms with Gasteiger partial charge in [-0.05, 0) is 48.7 Å². The maximum absolute atomic E-state index is 12.6. The minimum Gasteiger partial charge on any atom is -0.350 e. The van der Waals surface area contributed by atoms with Crippen LogP contribution in [0.2, 0.25) is 5.02 Å². The highest BCUT2D eigenvalue weighted by Gasteiger charge is 2.46. The summed E-state index contributed by atoms with van der Waals surface area (Å²) >= 11 is 5.84. The summed E-state index contributed by atoms with van der Waals surface area (Å²) in [5, 5.41) is 1.72. The molecule has 25 heavy (non-hydrogen) atoms. The summed E-state index contributed by atoms with van der Waals surface area (Å²) in [5.74, 6) is 0. The third kappa shape index (κ3) is 2.97. The molecule has 1 aliphatic carbocycles. The maximum Gasteiger partial charge on any atom is 0.240 e. The van der Waals surface area contributed by atoms with Gasteiger partial charge in [-0.3, -0.25) is 0 Å². The number of benzene rings is 2. The smallest absolute Gasteiger partial charge is 0.240 e. The first kappa shape index (κ1) is 16.6. The second-order valence-corrected chi connectivity index (χ2v) is 8.93. The van der Waals surface area contributed by atoms with Crippen molar-refractivity contribution in [2.45, 2.75) is 23.2 Å². The summed E-state index contributed by atoms with van der Waals surface area (Å²) in [4.78, 5) is 0.241. The Morgan fingerprint density at radius 2 is 1.80 bits per heavy atom. The van der Waals surface area contributed by atoms with Gasteiger partial charge in [0, 0.05) is 41.1 Å². The fraction of sp³-hybridized carbons (Fsp3) is 0.263. The van der Waals surface area contributed by atoms with E-state index in [1.165, 1.54) is 28.6 Å². The van der Waals surface area contributed by atoms with Crippen LogP contribution in [0.25, 0.3) is 10.9 Å². The number of rotatable bonds is 5. The number of para-hydroxylation sites is 1. The first-order chi connectivity index (χ1) is 11.9. The van der Waals surface area contributed by atoms with E-state index >= 15 is 0 Å². The van der Waals surface area contributed by atoms with Gasteiger partial charge >= 0.3 is 0 Å². The number of halogens is 1. The second-order valence-electron chi connectivity index (χ2n) is 6.73. The first-order valence-corrected chi connectivity index (χ1v) is 10.1. The van der Waals surface area contributed by atoms with Crippen molar-refractivity contribution in [3.8, 4) is 0 Å². The van der Waals surface area contributed by atoms with Crippen molar-refractivity contribution in [3.63, 3.8) is 0 Å². The molecule has 3 aromatic rings. The lowest BCUT2D eigenvalue weighted by atomic mass is 9.96. The van der Waals surface area contributed by atoms with Crippen molar-refractivity contribution >= 4 is 32.5 Å². The summed E-state index contributed by atoms with van der Waals surface area (Å²) in [6.07, 6.45) is 4.11. The van der Waals surface area contributed by atoms with Crippen molar-refractivity contribution in [2.24, 2.45) is 7.05 Å². The number of hydrogen-bond acceptors (Lipinski definition) is 2. The van der Waals surface area contributed by atoms with E-state index in [9.17, 15) is 8.42 Å². The van der Waals surface area contributed by atoms with Crippen molar-refractivity contribution in [1.29, 1.82) is 0 Å². The SMILES string of the molecule is Cn1cc(C2(CNS(=O)(=O)c3ccc(Cl)cc3)CC2)c2ccccc21. The molecule has 6 heteroatoms. The number of hydrogen-bond donors (Lipinski definition) is 1. The molecule has 4 nitrogen and oxygen atoms in total. The van der Waals surface area contributed by atoms with Crippen LogP contribution in [0, 0.1) is 0 Å². The fourth-order valence-electron chi connectivity index (χ4n) is 3.39. The summed E-state index contributed by atoms with van der Waals surface area (Å²) < 4.78 is 30.0. The third-order valence-corrected chi connectivity index (χ3v) is 6.72. The van der Waals surface area contributed by atoms with Crippen LogP contribution >= 0.6 is 11.6 Å². The molecule has 1 fully saturated rings. The van der Waals surface area contributed by atoms with Gasteiger partial charge < -0.3 is 4.57 Å². The van der Waals surface area contributed by atoms with E-state index in [2.05, 4.69) is 27.6 Å². The standard InChI is InChI=1S/C19H19ClN2O2S/c1-22-12-17(16-4-2-3-5-18(16)22)19(10-11-19)13-21-25(23,24)15-8-6-14(20)7-9-15/h2-9,12,21H,10-11,13H2,1H3. The van der Waals surface area contributed by atoms with Gasteiger partial charge in [0.25, 0.3) is 0 Å². The monoisotopic (exact) mass is 374 g/mol. The van der Waals surface area contributed by atoms with E-state index in [1.807, 2.05) is 19.2 Å². The molecule has 0 bridgehead atoms. The van der Waals surface area contributed by atoms with Gasteiger partial charge in [0.1, 0.15) is 0 Å². The van der Waals surface area contributed by atoms with Crippen LogP contribution in [0.15, 0.2) is 59.6 Å². The molecule has 0 spiro atoms. The normalized spacial score (nSPS) is 16.2. The molecule has 0 saturated heterocycles. The van der Waals surface area contributed by atoms with Crippen molar-refractivity contribution in [2.75, 3.05) is 6.54 Å². The Labute approximate surface area is 152 Å². The summed E-state index contributed by atoms with van der Waals surface area (Å²) in [6.45, 7) is 0.409. The molecule has 1 aliphatic rings. The Bertz CT molecular complexity index is 1030. The number of aromatic nitrogens is 1. The average molecular weight is 375 g/mol. The van der Waals surface area contributed by atoms with Crippen molar-refractivity contribution in [1.82, 2.24) is 9.29 Å². The summed E-state index contributed by atoms with van der Waals surface area (Å²) in [7, 11) is -1.51. The van der Waals surface area contributed by atoms with Crippen molar-refractivity contribution in [3.05, 3.63) is 65.3 Å². The first-order valence-electron chi connectivity index (χ1n) is 8.21. The third-order valence-electron chi connectivity index (χ3n) is 5.05. The number of nitrogens with zero attached hydrogens (tertiary/aromatic N) is 1. The lowest BCUT2D eigenvalue weighted by Crippen LogP contribution is -2.32. The number of aryl methyl sites for hydroxylation is 1. The van der Waals surface area contributed by atoms with Gasteiger partial charge in [0.05, 0.1) is 4.90 Å². The predicted molar refractivity (Wildman–Crippen MR) is 100 cm³/mol. The molecular formula is C19H19ClN2O2S. The van der Waals surface area contributed by atoms with E-state index in [0.717, 1.165) is 12.8 Å². The molecule has 0 amide bonds. The van der Waals surface area contributed by atoms with Crippen LogP contribution in [0.1, 0.15) is 18.4 Å². The molecule has 2 aromatic carbocycles. The zero-order valence-corrected chi connectivity index (χ0v) is 15.4. The highest BCUT2D eigenvalue weighted by molar-refractivity contribution is 7.89. The molecule has 1 saturated carbocycles. The molecule has 0 aliphatic heterocycles. The molecule has 1 aromatic heterocycles.